The molecule has 1 heterocycles. The van der Waals surface area contributed by atoms with E-state index in [4.69, 9.17) is 5.73 Å². The molecule has 2 N–H and O–H groups in total. The van der Waals surface area contributed by atoms with Crippen LogP contribution in [0, 0.1) is 18.8 Å². The molecular weight excluding hydrogens is 248 g/mol. The summed E-state index contributed by atoms with van der Waals surface area (Å²) in [7, 11) is 0. The van der Waals surface area contributed by atoms with Crippen molar-refractivity contribution in [2.24, 2.45) is 17.6 Å². The molecule has 0 aromatic heterocycles. The molecule has 2 aliphatic rings. The van der Waals surface area contributed by atoms with Gasteiger partial charge in [-0.15, -0.1) is 0 Å². The lowest BCUT2D eigenvalue weighted by atomic mass is 9.79. The Kier molecular flexibility index (Phi) is 3.79. The van der Waals surface area contributed by atoms with Crippen molar-refractivity contribution in [3.05, 3.63) is 35.4 Å². The van der Waals surface area contributed by atoms with E-state index in [1.807, 2.05) is 12.1 Å². The van der Waals surface area contributed by atoms with Gasteiger partial charge in [0, 0.05) is 19.1 Å². The van der Waals surface area contributed by atoms with Crippen LogP contribution in [0.4, 0.5) is 0 Å². The number of likely N-dealkylation sites (tertiary alicyclic amines) is 1. The quantitative estimate of drug-likeness (QED) is 0.896. The summed E-state index contributed by atoms with van der Waals surface area (Å²) in [5, 5.41) is 0. The number of benzene rings is 1. The molecule has 0 radical (unpaired) electrons. The van der Waals surface area contributed by atoms with Crippen LogP contribution in [-0.4, -0.2) is 29.9 Å². The SMILES string of the molecule is Cc1ccccc1CC(=O)N1C[C@H]2CCC(N)C[C@H]2C1. The van der Waals surface area contributed by atoms with Gasteiger partial charge in [0.25, 0.3) is 0 Å². The van der Waals surface area contributed by atoms with E-state index < -0.39 is 0 Å². The van der Waals surface area contributed by atoms with E-state index in [9.17, 15) is 4.79 Å². The third kappa shape index (κ3) is 2.73. The normalized spacial score (nSPS) is 29.3. The number of nitrogens with zero attached hydrogens (tertiary/aromatic N) is 1. The number of amides is 1. The van der Waals surface area contributed by atoms with Crippen molar-refractivity contribution in [3.8, 4) is 0 Å². The maximum absolute atomic E-state index is 12.5. The van der Waals surface area contributed by atoms with Crippen LogP contribution in [0.5, 0.6) is 0 Å². The molecule has 1 amide bonds. The van der Waals surface area contributed by atoms with E-state index in [2.05, 4.69) is 24.0 Å². The number of carbonyl (C=O) groups is 1. The minimum atomic E-state index is 0.280. The molecule has 3 nitrogen and oxygen atoms in total. The molecule has 1 aromatic rings. The van der Waals surface area contributed by atoms with Crippen LogP contribution in [0.3, 0.4) is 0 Å². The zero-order chi connectivity index (χ0) is 14.1. The van der Waals surface area contributed by atoms with Gasteiger partial charge in [0.05, 0.1) is 6.42 Å². The predicted octanol–water partition coefficient (Wildman–Crippen LogP) is 2.12. The molecule has 1 unspecified atom stereocenters. The fourth-order valence-electron chi connectivity index (χ4n) is 3.75. The first-order valence-corrected chi connectivity index (χ1v) is 7.71. The molecule has 0 bridgehead atoms. The summed E-state index contributed by atoms with van der Waals surface area (Å²) in [6.45, 7) is 3.94. The number of hydrogen-bond donors (Lipinski definition) is 1. The largest absolute Gasteiger partial charge is 0.342 e. The fraction of sp³-hybridized carbons (Fsp3) is 0.588. The Morgan fingerprint density at radius 3 is 2.80 bits per heavy atom. The highest BCUT2D eigenvalue weighted by molar-refractivity contribution is 5.79. The van der Waals surface area contributed by atoms with E-state index in [1.165, 1.54) is 12.0 Å². The van der Waals surface area contributed by atoms with Gasteiger partial charge in [-0.05, 0) is 49.1 Å². The predicted molar refractivity (Wildman–Crippen MR) is 80.3 cm³/mol. The maximum Gasteiger partial charge on any atom is 0.227 e. The lowest BCUT2D eigenvalue weighted by Crippen LogP contribution is -2.32. The first-order chi connectivity index (χ1) is 9.63. The van der Waals surface area contributed by atoms with Gasteiger partial charge in [-0.1, -0.05) is 24.3 Å². The monoisotopic (exact) mass is 272 g/mol. The van der Waals surface area contributed by atoms with Crippen molar-refractivity contribution in [2.45, 2.75) is 38.6 Å². The number of rotatable bonds is 2. The highest BCUT2D eigenvalue weighted by Crippen LogP contribution is 2.35. The van der Waals surface area contributed by atoms with E-state index in [0.717, 1.165) is 31.5 Å². The van der Waals surface area contributed by atoms with Gasteiger partial charge in [-0.3, -0.25) is 4.79 Å². The fourth-order valence-corrected chi connectivity index (χ4v) is 3.75. The Labute approximate surface area is 121 Å². The van der Waals surface area contributed by atoms with Crippen LogP contribution in [-0.2, 0) is 11.2 Å². The second kappa shape index (κ2) is 5.57. The molecule has 1 aromatic carbocycles. The molecule has 20 heavy (non-hydrogen) atoms. The number of hydrogen-bond acceptors (Lipinski definition) is 2. The van der Waals surface area contributed by atoms with E-state index in [1.54, 1.807) is 0 Å². The summed E-state index contributed by atoms with van der Waals surface area (Å²) in [6, 6.07) is 8.52. The van der Waals surface area contributed by atoms with Gasteiger partial charge in [0.1, 0.15) is 0 Å². The second-order valence-electron chi connectivity index (χ2n) is 6.50. The summed E-state index contributed by atoms with van der Waals surface area (Å²) in [6.07, 6.45) is 3.96. The van der Waals surface area contributed by atoms with Gasteiger partial charge in [0.15, 0.2) is 0 Å². The van der Waals surface area contributed by atoms with Crippen molar-refractivity contribution in [2.75, 3.05) is 13.1 Å². The standard InChI is InChI=1S/C17H24N2O/c1-12-4-2-3-5-13(12)9-17(20)19-10-14-6-7-16(18)8-15(14)11-19/h2-5,14-16H,6-11,18H2,1H3/t14-,15+,16?/m1/s1. The highest BCUT2D eigenvalue weighted by atomic mass is 16.2. The lowest BCUT2D eigenvalue weighted by molar-refractivity contribution is -0.129. The number of fused-ring (bicyclic) bond motifs is 1. The average molecular weight is 272 g/mol. The molecule has 1 saturated heterocycles. The van der Waals surface area contributed by atoms with Gasteiger partial charge < -0.3 is 10.6 Å². The zero-order valence-corrected chi connectivity index (χ0v) is 12.2. The lowest BCUT2D eigenvalue weighted by Gasteiger charge is -2.27. The maximum atomic E-state index is 12.5. The van der Waals surface area contributed by atoms with Crippen LogP contribution in [0.15, 0.2) is 24.3 Å². The molecule has 1 aliphatic heterocycles. The molecule has 2 fully saturated rings. The second-order valence-corrected chi connectivity index (χ2v) is 6.50. The first-order valence-electron chi connectivity index (χ1n) is 7.71. The van der Waals surface area contributed by atoms with E-state index in [-0.39, 0.29) is 5.91 Å². The molecule has 3 atom stereocenters. The summed E-state index contributed by atoms with van der Waals surface area (Å²) >= 11 is 0. The summed E-state index contributed by atoms with van der Waals surface area (Å²) in [4.78, 5) is 14.6. The Hall–Kier alpha value is -1.35. The van der Waals surface area contributed by atoms with Gasteiger partial charge in [-0.25, -0.2) is 0 Å². The zero-order valence-electron chi connectivity index (χ0n) is 12.2. The first kappa shape index (κ1) is 13.6. The van der Waals surface area contributed by atoms with Crippen molar-refractivity contribution in [1.29, 1.82) is 0 Å². The van der Waals surface area contributed by atoms with Gasteiger partial charge in [-0.2, -0.15) is 0 Å². The average Bonchev–Trinajstić information content (AvgIpc) is 2.84. The summed E-state index contributed by atoms with van der Waals surface area (Å²) < 4.78 is 0. The summed E-state index contributed by atoms with van der Waals surface area (Å²) in [5.41, 5.74) is 8.42. The molecule has 3 heteroatoms. The van der Waals surface area contributed by atoms with Gasteiger partial charge >= 0.3 is 0 Å². The Morgan fingerprint density at radius 2 is 2.00 bits per heavy atom. The van der Waals surface area contributed by atoms with E-state index >= 15 is 0 Å². The molecule has 108 valence electrons. The van der Waals surface area contributed by atoms with Crippen molar-refractivity contribution < 1.29 is 4.79 Å². The smallest absolute Gasteiger partial charge is 0.227 e. The molecule has 0 spiro atoms. The molecule has 1 aliphatic carbocycles. The Bertz CT molecular complexity index is 500. The minimum absolute atomic E-state index is 0.280. The highest BCUT2D eigenvalue weighted by Gasteiger charge is 2.38. The van der Waals surface area contributed by atoms with Crippen LogP contribution >= 0.6 is 0 Å². The summed E-state index contributed by atoms with van der Waals surface area (Å²) in [5.74, 6) is 1.61. The van der Waals surface area contributed by atoms with Gasteiger partial charge in [0.2, 0.25) is 5.91 Å². The molecule has 3 rings (SSSR count). The molecule has 1 saturated carbocycles. The van der Waals surface area contributed by atoms with Crippen molar-refractivity contribution in [3.63, 3.8) is 0 Å². The number of aryl methyl sites for hydroxylation is 1. The van der Waals surface area contributed by atoms with Crippen molar-refractivity contribution in [1.82, 2.24) is 4.90 Å². The van der Waals surface area contributed by atoms with Crippen LogP contribution in [0.2, 0.25) is 0 Å². The van der Waals surface area contributed by atoms with Crippen LogP contribution < -0.4 is 5.73 Å². The van der Waals surface area contributed by atoms with Crippen LogP contribution in [0.25, 0.3) is 0 Å². The Morgan fingerprint density at radius 1 is 1.25 bits per heavy atom. The van der Waals surface area contributed by atoms with E-state index in [0.29, 0.717) is 24.3 Å². The minimum Gasteiger partial charge on any atom is -0.342 e. The Balaban J connectivity index is 1.63. The number of nitrogens with two attached hydrogens (primary N) is 1. The third-order valence-corrected chi connectivity index (χ3v) is 5.05. The molecular formula is C17H24N2O. The van der Waals surface area contributed by atoms with Crippen molar-refractivity contribution >= 4 is 5.91 Å². The topological polar surface area (TPSA) is 46.3 Å². The third-order valence-electron chi connectivity index (χ3n) is 5.05. The van der Waals surface area contributed by atoms with Crippen LogP contribution in [0.1, 0.15) is 30.4 Å². The number of carbonyl (C=O) groups excluding carboxylic acids is 1.